The van der Waals surface area contributed by atoms with Crippen molar-refractivity contribution in [1.29, 1.82) is 0 Å². The summed E-state index contributed by atoms with van der Waals surface area (Å²) in [6, 6.07) is 20.9. The van der Waals surface area contributed by atoms with E-state index in [1.54, 1.807) is 12.1 Å². The van der Waals surface area contributed by atoms with Crippen LogP contribution in [0.25, 0.3) is 10.8 Å². The molecule has 3 N–H and O–H groups in total. The molecule has 1 atom stereocenters. The molecule has 0 aliphatic heterocycles. The average molecular weight is 280 g/mol. The highest BCUT2D eigenvalue weighted by atomic mass is 19.1. The van der Waals surface area contributed by atoms with Crippen molar-refractivity contribution in [1.82, 2.24) is 0 Å². The smallest absolute Gasteiger partial charge is 0.123 e. The van der Waals surface area contributed by atoms with E-state index in [1.165, 1.54) is 22.9 Å². The summed E-state index contributed by atoms with van der Waals surface area (Å²) in [5.74, 6) is -0.240. The molecular formula is C18H17FN2. The number of nitrogens with two attached hydrogens (primary N) is 1. The molecule has 0 spiro atoms. The molecule has 0 amide bonds. The number of rotatable bonds is 4. The quantitative estimate of drug-likeness (QED) is 0.755. The number of halogens is 1. The summed E-state index contributed by atoms with van der Waals surface area (Å²) in [5, 5.41) is 5.74. The second kappa shape index (κ2) is 5.94. The number of nitrogens with one attached hydrogen (secondary N) is 1. The van der Waals surface area contributed by atoms with E-state index in [4.69, 9.17) is 5.73 Å². The Bertz CT molecular complexity index is 738. The van der Waals surface area contributed by atoms with Gasteiger partial charge in [0.2, 0.25) is 0 Å². The third kappa shape index (κ3) is 3.03. The highest BCUT2D eigenvalue weighted by Crippen LogP contribution is 2.23. The Kier molecular flexibility index (Phi) is 3.84. The zero-order valence-electron chi connectivity index (χ0n) is 11.6. The number of hydrogen-bond acceptors (Lipinski definition) is 2. The van der Waals surface area contributed by atoms with E-state index < -0.39 is 0 Å². The molecular weight excluding hydrogens is 263 g/mol. The van der Waals surface area contributed by atoms with Crippen LogP contribution in [0.3, 0.4) is 0 Å². The Balaban J connectivity index is 1.88. The predicted octanol–water partition coefficient (Wildman–Crippen LogP) is 4.09. The first kappa shape index (κ1) is 13.6. The molecule has 106 valence electrons. The third-order valence-electron chi connectivity index (χ3n) is 3.60. The van der Waals surface area contributed by atoms with Crippen LogP contribution in [0.5, 0.6) is 0 Å². The van der Waals surface area contributed by atoms with Crippen LogP contribution >= 0.6 is 0 Å². The predicted molar refractivity (Wildman–Crippen MR) is 85.8 cm³/mol. The van der Waals surface area contributed by atoms with Gasteiger partial charge < -0.3 is 11.1 Å². The number of benzene rings is 3. The zero-order valence-corrected chi connectivity index (χ0v) is 11.6. The topological polar surface area (TPSA) is 38.0 Å². The molecule has 3 aromatic carbocycles. The van der Waals surface area contributed by atoms with Crippen molar-refractivity contribution in [3.05, 3.63) is 78.1 Å². The van der Waals surface area contributed by atoms with Crippen LogP contribution in [0.1, 0.15) is 11.6 Å². The minimum atomic E-state index is -0.240. The molecule has 0 saturated carbocycles. The highest BCUT2D eigenvalue weighted by Gasteiger charge is 2.10. The Morgan fingerprint density at radius 3 is 2.33 bits per heavy atom. The van der Waals surface area contributed by atoms with Gasteiger partial charge in [-0.3, -0.25) is 0 Å². The minimum Gasteiger partial charge on any atom is -0.377 e. The van der Waals surface area contributed by atoms with E-state index in [9.17, 15) is 4.39 Å². The average Bonchev–Trinajstić information content (AvgIpc) is 2.54. The minimum absolute atomic E-state index is 0.0000624. The molecule has 21 heavy (non-hydrogen) atoms. The highest BCUT2D eigenvalue weighted by molar-refractivity contribution is 5.83. The van der Waals surface area contributed by atoms with Gasteiger partial charge in [-0.25, -0.2) is 4.39 Å². The molecule has 0 saturated heterocycles. The molecule has 0 aliphatic carbocycles. The van der Waals surface area contributed by atoms with E-state index in [0.717, 1.165) is 11.3 Å². The summed E-state index contributed by atoms with van der Waals surface area (Å²) in [7, 11) is 0. The van der Waals surface area contributed by atoms with Gasteiger partial charge in [-0.2, -0.15) is 0 Å². The summed E-state index contributed by atoms with van der Waals surface area (Å²) in [5.41, 5.74) is 7.88. The lowest BCUT2D eigenvalue weighted by molar-refractivity contribution is 0.628. The molecule has 0 heterocycles. The van der Waals surface area contributed by atoms with Crippen LogP contribution in [0.15, 0.2) is 66.7 Å². The lowest BCUT2D eigenvalue weighted by Gasteiger charge is -2.19. The standard InChI is InChI=1S/C18H17FN2/c19-16-7-9-17(10-8-16)21-18(12-20)15-6-5-13-3-1-2-4-14(13)11-15/h1-11,18,21H,12,20H2. The first-order chi connectivity index (χ1) is 10.3. The van der Waals surface area contributed by atoms with Gasteiger partial charge in [-0.1, -0.05) is 36.4 Å². The third-order valence-corrected chi connectivity index (χ3v) is 3.60. The van der Waals surface area contributed by atoms with Gasteiger partial charge in [0.15, 0.2) is 0 Å². The van der Waals surface area contributed by atoms with Crippen molar-refractivity contribution in [3.8, 4) is 0 Å². The van der Waals surface area contributed by atoms with E-state index in [1.807, 2.05) is 12.1 Å². The number of fused-ring (bicyclic) bond motifs is 1. The Morgan fingerprint density at radius 2 is 1.62 bits per heavy atom. The fourth-order valence-electron chi connectivity index (χ4n) is 2.45. The van der Waals surface area contributed by atoms with Gasteiger partial charge in [0.25, 0.3) is 0 Å². The molecule has 0 aliphatic rings. The molecule has 0 bridgehead atoms. The van der Waals surface area contributed by atoms with Crippen molar-refractivity contribution in [2.24, 2.45) is 5.73 Å². The van der Waals surface area contributed by atoms with Crippen LogP contribution in [-0.2, 0) is 0 Å². The summed E-state index contributed by atoms with van der Waals surface area (Å²) >= 11 is 0. The van der Waals surface area contributed by atoms with Gasteiger partial charge in [-0.05, 0) is 46.7 Å². The SMILES string of the molecule is NCC(Nc1ccc(F)cc1)c1ccc2ccccc2c1. The Hall–Kier alpha value is -2.39. The number of hydrogen-bond donors (Lipinski definition) is 2. The zero-order chi connectivity index (χ0) is 14.7. The number of anilines is 1. The van der Waals surface area contributed by atoms with Crippen molar-refractivity contribution in [2.45, 2.75) is 6.04 Å². The van der Waals surface area contributed by atoms with Crippen molar-refractivity contribution in [3.63, 3.8) is 0 Å². The molecule has 0 fully saturated rings. The van der Waals surface area contributed by atoms with Crippen LogP contribution in [0.4, 0.5) is 10.1 Å². The van der Waals surface area contributed by atoms with Crippen LogP contribution in [0.2, 0.25) is 0 Å². The lowest BCUT2D eigenvalue weighted by Crippen LogP contribution is -2.20. The van der Waals surface area contributed by atoms with E-state index >= 15 is 0 Å². The molecule has 1 unspecified atom stereocenters. The summed E-state index contributed by atoms with van der Waals surface area (Å²) in [4.78, 5) is 0. The molecule has 2 nitrogen and oxygen atoms in total. The van der Waals surface area contributed by atoms with Gasteiger partial charge in [0.1, 0.15) is 5.82 Å². The largest absolute Gasteiger partial charge is 0.377 e. The molecule has 3 aromatic rings. The van der Waals surface area contributed by atoms with Gasteiger partial charge in [-0.15, -0.1) is 0 Å². The van der Waals surface area contributed by atoms with E-state index in [2.05, 4.69) is 35.6 Å². The molecule has 3 rings (SSSR count). The second-order valence-electron chi connectivity index (χ2n) is 5.05. The van der Waals surface area contributed by atoms with E-state index in [0.29, 0.717) is 6.54 Å². The van der Waals surface area contributed by atoms with Gasteiger partial charge in [0, 0.05) is 12.2 Å². The second-order valence-corrected chi connectivity index (χ2v) is 5.05. The van der Waals surface area contributed by atoms with Gasteiger partial charge >= 0.3 is 0 Å². The lowest BCUT2D eigenvalue weighted by atomic mass is 10.0. The van der Waals surface area contributed by atoms with Crippen LogP contribution in [-0.4, -0.2) is 6.54 Å². The summed E-state index contributed by atoms with van der Waals surface area (Å²) in [6.45, 7) is 0.468. The summed E-state index contributed by atoms with van der Waals surface area (Å²) in [6.07, 6.45) is 0. The monoisotopic (exact) mass is 280 g/mol. The van der Waals surface area contributed by atoms with Crippen molar-refractivity contribution >= 4 is 16.5 Å². The first-order valence-electron chi connectivity index (χ1n) is 6.97. The first-order valence-corrected chi connectivity index (χ1v) is 6.97. The fourth-order valence-corrected chi connectivity index (χ4v) is 2.45. The maximum atomic E-state index is 13.0. The molecule has 0 aromatic heterocycles. The van der Waals surface area contributed by atoms with Gasteiger partial charge in [0.05, 0.1) is 6.04 Å². The van der Waals surface area contributed by atoms with E-state index in [-0.39, 0.29) is 11.9 Å². The Morgan fingerprint density at radius 1 is 0.905 bits per heavy atom. The van der Waals surface area contributed by atoms with Crippen LogP contribution < -0.4 is 11.1 Å². The fraction of sp³-hybridized carbons (Fsp3) is 0.111. The maximum Gasteiger partial charge on any atom is 0.123 e. The maximum absolute atomic E-state index is 13.0. The normalized spacial score (nSPS) is 12.3. The van der Waals surface area contributed by atoms with Crippen LogP contribution in [0, 0.1) is 5.82 Å². The van der Waals surface area contributed by atoms with Crippen molar-refractivity contribution < 1.29 is 4.39 Å². The Labute approximate surface area is 123 Å². The summed E-state index contributed by atoms with van der Waals surface area (Å²) < 4.78 is 13.0. The molecule has 0 radical (unpaired) electrons. The van der Waals surface area contributed by atoms with Crippen molar-refractivity contribution in [2.75, 3.05) is 11.9 Å². The molecule has 3 heteroatoms.